The molecule has 0 amide bonds. The van der Waals surface area contributed by atoms with Crippen LogP contribution in [0.3, 0.4) is 0 Å². The van der Waals surface area contributed by atoms with Gasteiger partial charge in [-0.3, -0.25) is 0 Å². The van der Waals surface area contributed by atoms with Gasteiger partial charge < -0.3 is 15.3 Å². The van der Waals surface area contributed by atoms with E-state index in [0.717, 1.165) is 12.8 Å². The summed E-state index contributed by atoms with van der Waals surface area (Å²) in [6.07, 6.45) is 0.0312. The van der Waals surface area contributed by atoms with Crippen LogP contribution in [0.4, 0.5) is 4.79 Å². The summed E-state index contributed by atoms with van der Waals surface area (Å²) in [7, 11) is 0. The zero-order chi connectivity index (χ0) is 7.70. The van der Waals surface area contributed by atoms with Crippen LogP contribution in [-0.4, -0.2) is 23.0 Å². The van der Waals surface area contributed by atoms with Crippen LogP contribution < -0.4 is 56.5 Å². The van der Waals surface area contributed by atoms with Crippen molar-refractivity contribution < 1.29 is 71.5 Å². The monoisotopic (exact) mass is 174 g/mol. The smallest absolute Gasteiger partial charge is 0.854 e. The van der Waals surface area contributed by atoms with Crippen molar-refractivity contribution in [3.05, 3.63) is 0 Å². The molecule has 0 saturated heterocycles. The molecular weight excluding hydrogens is 163 g/mol. The van der Waals surface area contributed by atoms with Crippen molar-refractivity contribution in [1.82, 2.24) is 0 Å². The molecular formula is C5H11KO4. The molecule has 0 aliphatic carbocycles. The third-order valence-corrected chi connectivity index (χ3v) is 0.498. The van der Waals surface area contributed by atoms with E-state index >= 15 is 0 Å². The van der Waals surface area contributed by atoms with Gasteiger partial charge in [0, 0.05) is 0 Å². The second-order valence-electron chi connectivity index (χ2n) is 1.34. The maximum absolute atomic E-state index is 9.53. The van der Waals surface area contributed by atoms with Gasteiger partial charge in [-0.15, -0.1) is 6.61 Å². The molecule has 0 fully saturated rings. The molecule has 0 aromatic heterocycles. The Hall–Kier alpha value is 0.866. The Balaban J connectivity index is -0.0000000910. The van der Waals surface area contributed by atoms with Gasteiger partial charge in [0.25, 0.3) is 0 Å². The third-order valence-electron chi connectivity index (χ3n) is 0.498. The van der Waals surface area contributed by atoms with Crippen LogP contribution >= 0.6 is 0 Å². The van der Waals surface area contributed by atoms with Gasteiger partial charge >= 0.3 is 57.5 Å². The molecule has 0 heterocycles. The van der Waals surface area contributed by atoms with Gasteiger partial charge in [-0.2, -0.15) is 0 Å². The molecule has 0 aromatic carbocycles. The summed E-state index contributed by atoms with van der Waals surface area (Å²) in [6, 6.07) is 0. The topological polar surface area (TPSA) is 80.6 Å². The molecule has 2 N–H and O–H groups in total. The molecule has 56 valence electrons. The predicted octanol–water partition coefficient (Wildman–Crippen LogP) is -2.63. The van der Waals surface area contributed by atoms with Gasteiger partial charge in [-0.25, -0.2) is 4.79 Å². The molecule has 5 heteroatoms. The van der Waals surface area contributed by atoms with E-state index in [2.05, 4.69) is 0 Å². The quantitative estimate of drug-likeness (QED) is 0.449. The van der Waals surface area contributed by atoms with Gasteiger partial charge in [-0.1, -0.05) is 19.8 Å². The zero-order valence-electron chi connectivity index (χ0n) is 6.33. The predicted molar refractivity (Wildman–Crippen MR) is 30.4 cm³/mol. The van der Waals surface area contributed by atoms with Gasteiger partial charge in [-0.05, 0) is 0 Å². The van der Waals surface area contributed by atoms with Crippen molar-refractivity contribution in [2.45, 2.75) is 19.8 Å². The molecule has 0 unspecified atom stereocenters. The normalized spacial score (nSPS) is 6.60. The minimum Gasteiger partial charge on any atom is -0.854 e. The van der Waals surface area contributed by atoms with E-state index in [0.29, 0.717) is 0 Å². The van der Waals surface area contributed by atoms with Crippen molar-refractivity contribution in [2.24, 2.45) is 0 Å². The second kappa shape index (κ2) is 16.5. The Bertz CT molecular complexity index is 60.7. The van der Waals surface area contributed by atoms with Crippen molar-refractivity contribution >= 4 is 6.16 Å². The molecule has 0 aliphatic rings. The average Bonchev–Trinajstić information content (AvgIpc) is 1.66. The number of carbonyl (C=O) groups is 1. The molecule has 0 spiro atoms. The van der Waals surface area contributed by atoms with Crippen molar-refractivity contribution in [3.8, 4) is 0 Å². The maximum atomic E-state index is 9.53. The molecule has 0 saturated carbocycles. The Morgan fingerprint density at radius 1 is 1.50 bits per heavy atom. The Labute approximate surface area is 103 Å². The molecule has 4 nitrogen and oxygen atoms in total. The molecule has 0 aromatic rings. The largest absolute Gasteiger partial charge is 1.00 e. The molecule has 0 bridgehead atoms. The Kier molecular flexibility index (Phi) is 28.1. The van der Waals surface area contributed by atoms with Gasteiger partial charge in [0.05, 0.1) is 0 Å². The molecule has 0 atom stereocenters. The second-order valence-corrected chi connectivity index (χ2v) is 1.34. The SMILES string of the molecule is CCCC[O-].O=C(O)O.[K+]. The first-order valence-electron chi connectivity index (χ1n) is 2.65. The summed E-state index contributed by atoms with van der Waals surface area (Å²) >= 11 is 0. The van der Waals surface area contributed by atoms with Crippen LogP contribution in [0.2, 0.25) is 0 Å². The summed E-state index contributed by atoms with van der Waals surface area (Å²) in [6.45, 7) is 2.11. The standard InChI is InChI=1S/C4H9O.CH2O3.K/c1-2-3-4-5;2-1(3)4;/h2-4H2,1H3;(H2,2,3,4);/q-1;;+1. The van der Waals surface area contributed by atoms with Crippen LogP contribution in [0.1, 0.15) is 19.8 Å². The number of carboxylic acid groups (broad SMARTS) is 2. The first kappa shape index (κ1) is 17.1. The first-order chi connectivity index (χ1) is 4.15. The summed E-state index contributed by atoms with van der Waals surface area (Å²) in [5, 5.41) is 23.5. The molecule has 0 rings (SSSR count). The fraction of sp³-hybridized carbons (Fsp3) is 0.800. The molecule has 0 radical (unpaired) electrons. The number of unbranched alkanes of at least 4 members (excludes halogenated alkanes) is 1. The number of hydrogen-bond acceptors (Lipinski definition) is 2. The maximum Gasteiger partial charge on any atom is 1.00 e. The van der Waals surface area contributed by atoms with Gasteiger partial charge in [0.2, 0.25) is 0 Å². The van der Waals surface area contributed by atoms with E-state index in [1.807, 2.05) is 6.92 Å². The average molecular weight is 174 g/mol. The molecule has 0 aliphatic heterocycles. The third kappa shape index (κ3) is 66.8. The van der Waals surface area contributed by atoms with Crippen LogP contribution in [0.25, 0.3) is 0 Å². The van der Waals surface area contributed by atoms with Gasteiger partial charge in [0.15, 0.2) is 0 Å². The van der Waals surface area contributed by atoms with E-state index in [1.54, 1.807) is 0 Å². The number of hydrogen-bond donors (Lipinski definition) is 2. The first-order valence-corrected chi connectivity index (χ1v) is 2.65. The molecule has 10 heavy (non-hydrogen) atoms. The van der Waals surface area contributed by atoms with Crippen LogP contribution in [0.5, 0.6) is 0 Å². The number of rotatable bonds is 2. The Morgan fingerprint density at radius 3 is 1.80 bits per heavy atom. The van der Waals surface area contributed by atoms with Crippen LogP contribution in [0, 0.1) is 0 Å². The fourth-order valence-electron chi connectivity index (χ4n) is 0.144. The van der Waals surface area contributed by atoms with Crippen molar-refractivity contribution in [2.75, 3.05) is 6.61 Å². The summed E-state index contributed by atoms with van der Waals surface area (Å²) in [5.74, 6) is 0. The summed E-state index contributed by atoms with van der Waals surface area (Å²) in [4.78, 5) is 8.56. The van der Waals surface area contributed by atoms with E-state index in [1.165, 1.54) is 0 Å². The summed E-state index contributed by atoms with van der Waals surface area (Å²) < 4.78 is 0. The van der Waals surface area contributed by atoms with Crippen molar-refractivity contribution in [3.63, 3.8) is 0 Å². The van der Waals surface area contributed by atoms with Crippen LogP contribution in [0.15, 0.2) is 0 Å². The van der Waals surface area contributed by atoms with Crippen LogP contribution in [-0.2, 0) is 0 Å². The van der Waals surface area contributed by atoms with E-state index < -0.39 is 6.16 Å². The zero-order valence-corrected chi connectivity index (χ0v) is 9.46. The van der Waals surface area contributed by atoms with Gasteiger partial charge in [0.1, 0.15) is 0 Å². The fourth-order valence-corrected chi connectivity index (χ4v) is 0.144. The minimum absolute atomic E-state index is 0. The van der Waals surface area contributed by atoms with Crippen molar-refractivity contribution in [1.29, 1.82) is 0 Å². The van der Waals surface area contributed by atoms with E-state index in [-0.39, 0.29) is 58.0 Å². The summed E-state index contributed by atoms with van der Waals surface area (Å²) in [5.41, 5.74) is 0. The Morgan fingerprint density at radius 2 is 1.80 bits per heavy atom. The van der Waals surface area contributed by atoms with E-state index in [4.69, 9.17) is 15.0 Å². The van der Waals surface area contributed by atoms with E-state index in [9.17, 15) is 5.11 Å². The minimum atomic E-state index is -1.83.